The second-order valence-electron chi connectivity index (χ2n) is 8.53. The zero-order valence-corrected chi connectivity index (χ0v) is 18.6. The Morgan fingerprint density at radius 2 is 1.68 bits per heavy atom. The lowest BCUT2D eigenvalue weighted by atomic mass is 10.0. The Bertz CT molecular complexity index is 737. The van der Waals surface area contributed by atoms with Crippen LogP contribution in [0.3, 0.4) is 0 Å². The van der Waals surface area contributed by atoms with Gasteiger partial charge in [-0.1, -0.05) is 31.5 Å². The van der Waals surface area contributed by atoms with Crippen molar-refractivity contribution in [1.29, 1.82) is 0 Å². The molecule has 0 bridgehead atoms. The molecule has 1 fully saturated rings. The average molecular weight is 410 g/mol. The van der Waals surface area contributed by atoms with E-state index in [-0.39, 0.29) is 22.8 Å². The molecule has 1 aliphatic rings. The van der Waals surface area contributed by atoms with Crippen molar-refractivity contribution in [3.63, 3.8) is 0 Å². The van der Waals surface area contributed by atoms with Crippen LogP contribution >= 0.6 is 0 Å². The molecule has 2 rings (SSSR count). The maximum Gasteiger partial charge on any atom is 0.241 e. The summed E-state index contributed by atoms with van der Waals surface area (Å²) in [5.41, 5.74) is 0.989. The minimum atomic E-state index is -3.75. The Morgan fingerprint density at radius 3 is 2.18 bits per heavy atom. The number of benzene rings is 1. The molecule has 28 heavy (non-hydrogen) atoms. The average Bonchev–Trinajstić information content (AvgIpc) is 2.61. The number of sulfonamides is 1. The first kappa shape index (κ1) is 22.8. The van der Waals surface area contributed by atoms with Crippen LogP contribution in [0.25, 0.3) is 0 Å². The highest BCUT2D eigenvalue weighted by Gasteiger charge is 2.29. The number of nitrogens with zero attached hydrogens (tertiary/aromatic N) is 1. The van der Waals surface area contributed by atoms with E-state index >= 15 is 0 Å². The topological polar surface area (TPSA) is 78.5 Å². The third-order valence-corrected chi connectivity index (χ3v) is 6.75. The normalized spacial score (nSPS) is 17.8. The monoisotopic (exact) mass is 409 g/mol. The highest BCUT2D eigenvalue weighted by molar-refractivity contribution is 7.89. The number of carbonyl (C=O) groups excluding carboxylic acids is 1. The van der Waals surface area contributed by atoms with Gasteiger partial charge in [-0.15, -0.1) is 0 Å². The lowest BCUT2D eigenvalue weighted by Gasteiger charge is -2.35. The molecule has 1 aromatic carbocycles. The van der Waals surface area contributed by atoms with Gasteiger partial charge in [-0.2, -0.15) is 4.72 Å². The highest BCUT2D eigenvalue weighted by atomic mass is 32.2. The van der Waals surface area contributed by atoms with Crippen LogP contribution in [0.2, 0.25) is 0 Å². The fourth-order valence-corrected chi connectivity index (χ4v) is 4.72. The Balaban J connectivity index is 2.04. The molecule has 1 saturated heterocycles. The van der Waals surface area contributed by atoms with E-state index in [1.54, 1.807) is 24.3 Å². The molecular formula is C21H35N3O3S. The van der Waals surface area contributed by atoms with Crippen LogP contribution in [0.15, 0.2) is 29.2 Å². The summed E-state index contributed by atoms with van der Waals surface area (Å²) in [5, 5.41) is 3.07. The van der Waals surface area contributed by atoms with Crippen LogP contribution in [0.4, 0.5) is 0 Å². The van der Waals surface area contributed by atoms with Crippen LogP contribution in [0, 0.1) is 12.8 Å². The molecule has 0 spiro atoms. The second-order valence-corrected chi connectivity index (χ2v) is 10.2. The van der Waals surface area contributed by atoms with Crippen molar-refractivity contribution in [1.82, 2.24) is 14.9 Å². The van der Waals surface area contributed by atoms with Gasteiger partial charge in [0.05, 0.1) is 4.90 Å². The SMILES string of the molecule is Cc1ccc(S(=O)(=O)NC(CC(C)C)C(=O)NC2CCN(C(C)C)CC2)cc1. The van der Waals surface area contributed by atoms with Crippen molar-refractivity contribution in [2.45, 2.75) is 76.9 Å². The molecule has 1 unspecified atom stereocenters. The van der Waals surface area contributed by atoms with Gasteiger partial charge in [0.2, 0.25) is 15.9 Å². The number of aryl methyl sites for hydroxylation is 1. The predicted octanol–water partition coefficient (Wildman–Crippen LogP) is 2.68. The van der Waals surface area contributed by atoms with Gasteiger partial charge in [-0.05, 0) is 58.1 Å². The first-order chi connectivity index (χ1) is 13.1. The molecule has 1 aromatic rings. The number of carbonyl (C=O) groups is 1. The maximum atomic E-state index is 12.9. The van der Waals surface area contributed by atoms with Crippen molar-refractivity contribution in [2.24, 2.45) is 5.92 Å². The van der Waals surface area contributed by atoms with E-state index in [4.69, 9.17) is 0 Å². The molecule has 0 saturated carbocycles. The van der Waals surface area contributed by atoms with Crippen molar-refractivity contribution >= 4 is 15.9 Å². The molecule has 7 heteroatoms. The standard InChI is InChI=1S/C21H35N3O3S/c1-15(2)14-20(23-28(26,27)19-8-6-17(5)7-9-19)21(25)22-18-10-12-24(13-11-18)16(3)4/h6-9,15-16,18,20,23H,10-14H2,1-5H3,(H,22,25). The summed E-state index contributed by atoms with van der Waals surface area (Å²) in [6, 6.07) is 6.50. The zero-order valence-electron chi connectivity index (χ0n) is 17.7. The van der Waals surface area contributed by atoms with E-state index in [1.807, 2.05) is 20.8 Å². The first-order valence-electron chi connectivity index (χ1n) is 10.2. The smallest absolute Gasteiger partial charge is 0.241 e. The molecule has 1 amide bonds. The van der Waals surface area contributed by atoms with Gasteiger partial charge in [-0.3, -0.25) is 4.79 Å². The molecule has 0 aromatic heterocycles. The summed E-state index contributed by atoms with van der Waals surface area (Å²) < 4.78 is 28.1. The molecular weight excluding hydrogens is 374 g/mol. The minimum Gasteiger partial charge on any atom is -0.352 e. The number of hydrogen-bond donors (Lipinski definition) is 2. The molecule has 158 valence electrons. The van der Waals surface area contributed by atoms with E-state index in [9.17, 15) is 13.2 Å². The third kappa shape index (κ3) is 6.57. The first-order valence-corrected chi connectivity index (χ1v) is 11.7. The van der Waals surface area contributed by atoms with Gasteiger partial charge in [0.15, 0.2) is 0 Å². The lowest BCUT2D eigenvalue weighted by molar-refractivity contribution is -0.124. The van der Waals surface area contributed by atoms with Gasteiger partial charge in [0.25, 0.3) is 0 Å². The van der Waals surface area contributed by atoms with Gasteiger partial charge in [-0.25, -0.2) is 8.42 Å². The van der Waals surface area contributed by atoms with Crippen molar-refractivity contribution in [3.8, 4) is 0 Å². The number of hydrogen-bond acceptors (Lipinski definition) is 4. The number of rotatable bonds is 8. The summed E-state index contributed by atoms with van der Waals surface area (Å²) in [4.78, 5) is 15.5. The van der Waals surface area contributed by atoms with Gasteiger partial charge < -0.3 is 10.2 Å². The van der Waals surface area contributed by atoms with Gasteiger partial charge >= 0.3 is 0 Å². The zero-order chi connectivity index (χ0) is 20.9. The van der Waals surface area contributed by atoms with Gasteiger partial charge in [0, 0.05) is 25.2 Å². The largest absolute Gasteiger partial charge is 0.352 e. The summed E-state index contributed by atoms with van der Waals surface area (Å²) >= 11 is 0. The summed E-state index contributed by atoms with van der Waals surface area (Å²) in [5.74, 6) is -0.0355. The van der Waals surface area contributed by atoms with Crippen LogP contribution in [-0.4, -0.2) is 50.4 Å². The molecule has 6 nitrogen and oxygen atoms in total. The summed E-state index contributed by atoms with van der Waals surface area (Å²) in [6.07, 6.45) is 2.24. The maximum absolute atomic E-state index is 12.9. The third-order valence-electron chi connectivity index (χ3n) is 5.26. The molecule has 1 aliphatic heterocycles. The minimum absolute atomic E-state index is 0.0982. The van der Waals surface area contributed by atoms with Crippen molar-refractivity contribution < 1.29 is 13.2 Å². The van der Waals surface area contributed by atoms with Crippen LogP contribution in [-0.2, 0) is 14.8 Å². The molecule has 1 heterocycles. The van der Waals surface area contributed by atoms with E-state index in [2.05, 4.69) is 28.8 Å². The Kier molecular flexibility index (Phi) is 8.04. The van der Waals surface area contributed by atoms with E-state index in [0.717, 1.165) is 31.5 Å². The number of amides is 1. The number of piperidine rings is 1. The molecule has 1 atom stereocenters. The lowest BCUT2D eigenvalue weighted by Crippen LogP contribution is -2.53. The second kappa shape index (κ2) is 9.85. The van der Waals surface area contributed by atoms with Crippen LogP contribution in [0.5, 0.6) is 0 Å². The van der Waals surface area contributed by atoms with Crippen molar-refractivity contribution in [2.75, 3.05) is 13.1 Å². The van der Waals surface area contributed by atoms with Crippen LogP contribution < -0.4 is 10.0 Å². The quantitative estimate of drug-likeness (QED) is 0.692. The molecule has 2 N–H and O–H groups in total. The highest BCUT2D eigenvalue weighted by Crippen LogP contribution is 2.16. The fourth-order valence-electron chi connectivity index (χ4n) is 3.51. The molecule has 0 radical (unpaired) electrons. The predicted molar refractivity (Wildman–Crippen MR) is 113 cm³/mol. The number of likely N-dealkylation sites (tertiary alicyclic amines) is 1. The Labute approximate surface area is 170 Å². The van der Waals surface area contributed by atoms with E-state index in [0.29, 0.717) is 12.5 Å². The van der Waals surface area contributed by atoms with Crippen LogP contribution in [0.1, 0.15) is 52.5 Å². The van der Waals surface area contributed by atoms with E-state index in [1.165, 1.54) is 0 Å². The van der Waals surface area contributed by atoms with Gasteiger partial charge in [0.1, 0.15) is 6.04 Å². The van der Waals surface area contributed by atoms with E-state index < -0.39 is 16.1 Å². The Morgan fingerprint density at radius 1 is 1.11 bits per heavy atom. The fraction of sp³-hybridized carbons (Fsp3) is 0.667. The summed E-state index contributed by atoms with van der Waals surface area (Å²) in [6.45, 7) is 12.1. The summed E-state index contributed by atoms with van der Waals surface area (Å²) in [7, 11) is -3.75. The molecule has 0 aliphatic carbocycles. The number of nitrogens with one attached hydrogen (secondary N) is 2. The Hall–Kier alpha value is -1.44. The van der Waals surface area contributed by atoms with Crippen molar-refractivity contribution in [3.05, 3.63) is 29.8 Å².